The van der Waals surface area contributed by atoms with Gasteiger partial charge in [-0.1, -0.05) is 6.92 Å². The van der Waals surface area contributed by atoms with Crippen LogP contribution in [0.15, 0.2) is 15.9 Å². The van der Waals surface area contributed by atoms with E-state index in [9.17, 15) is 9.59 Å². The molecule has 0 aliphatic heterocycles. The molecule has 21 heavy (non-hydrogen) atoms. The van der Waals surface area contributed by atoms with Crippen LogP contribution in [0.5, 0.6) is 0 Å². The number of hydrogen-bond donors (Lipinski definition) is 3. The smallest absolute Gasteiger partial charge is 0.262 e. The summed E-state index contributed by atoms with van der Waals surface area (Å²) < 4.78 is 0.888. The van der Waals surface area contributed by atoms with Gasteiger partial charge >= 0.3 is 0 Å². The van der Waals surface area contributed by atoms with Crippen molar-refractivity contribution in [1.29, 1.82) is 0 Å². The van der Waals surface area contributed by atoms with Crippen molar-refractivity contribution in [3.8, 4) is 0 Å². The summed E-state index contributed by atoms with van der Waals surface area (Å²) >= 11 is 4.64. The maximum absolute atomic E-state index is 11.9. The van der Waals surface area contributed by atoms with Gasteiger partial charge in [0.05, 0.1) is 8.66 Å². The maximum atomic E-state index is 11.9. The van der Waals surface area contributed by atoms with E-state index in [0.29, 0.717) is 11.4 Å². The Labute approximate surface area is 143 Å². The van der Waals surface area contributed by atoms with E-state index >= 15 is 0 Å². The molecule has 0 aromatic carbocycles. The third-order valence-electron chi connectivity index (χ3n) is 2.67. The number of nitrogens with one attached hydrogen (secondary N) is 3. The van der Waals surface area contributed by atoms with Gasteiger partial charge in [0.15, 0.2) is 0 Å². The number of amides is 2. The third kappa shape index (κ3) is 7.26. The first kappa shape index (κ1) is 20.4. The van der Waals surface area contributed by atoms with Crippen LogP contribution in [0.25, 0.3) is 0 Å². The zero-order chi connectivity index (χ0) is 15.1. The summed E-state index contributed by atoms with van der Waals surface area (Å²) in [7, 11) is 0. The lowest BCUT2D eigenvalue weighted by molar-refractivity contribution is -0.122. The lowest BCUT2D eigenvalue weighted by Gasteiger charge is -2.17. The number of likely N-dealkylation sites (N-methyl/N-ethyl adjacent to an activating group) is 1. The van der Waals surface area contributed by atoms with Crippen LogP contribution in [-0.4, -0.2) is 37.0 Å². The van der Waals surface area contributed by atoms with Crippen LogP contribution in [0.2, 0.25) is 0 Å². The molecule has 0 spiro atoms. The Morgan fingerprint density at radius 1 is 1.33 bits per heavy atom. The molecular weight excluding hydrogens is 378 g/mol. The Morgan fingerprint density at radius 3 is 2.52 bits per heavy atom. The van der Waals surface area contributed by atoms with Crippen molar-refractivity contribution < 1.29 is 9.59 Å². The minimum absolute atomic E-state index is 0. The van der Waals surface area contributed by atoms with Gasteiger partial charge in [0.25, 0.3) is 5.91 Å². The van der Waals surface area contributed by atoms with Gasteiger partial charge in [0, 0.05) is 12.6 Å². The highest BCUT2D eigenvalue weighted by molar-refractivity contribution is 9.11. The van der Waals surface area contributed by atoms with Gasteiger partial charge in [-0.05, 0) is 48.5 Å². The van der Waals surface area contributed by atoms with Gasteiger partial charge < -0.3 is 16.0 Å². The first-order valence-electron chi connectivity index (χ1n) is 6.51. The molecule has 1 heterocycles. The fourth-order valence-corrected chi connectivity index (χ4v) is 2.89. The van der Waals surface area contributed by atoms with Gasteiger partial charge in [-0.25, -0.2) is 0 Å². The molecule has 1 rings (SSSR count). The van der Waals surface area contributed by atoms with Crippen molar-refractivity contribution in [2.24, 2.45) is 0 Å². The predicted molar refractivity (Wildman–Crippen MR) is 92.3 cm³/mol. The average molecular weight is 399 g/mol. The number of carbonyl (C=O) groups is 2. The van der Waals surface area contributed by atoms with Crippen LogP contribution in [0.1, 0.15) is 30.4 Å². The van der Waals surface area contributed by atoms with E-state index in [1.54, 1.807) is 13.0 Å². The standard InChI is InChI=1S/C13H20BrN3O2S.ClH/c1-4-15-8(2)7-16-12(18)9(3)17-13(19)10-5-6-11(14)20-10;/h5-6,8-9,15H,4,7H2,1-3H3,(H,16,18)(H,17,19);1H/t8-,9?;/m1./s1. The molecule has 1 unspecified atom stereocenters. The molecule has 0 fully saturated rings. The van der Waals surface area contributed by atoms with E-state index in [-0.39, 0.29) is 30.3 Å². The molecule has 0 saturated carbocycles. The summed E-state index contributed by atoms with van der Waals surface area (Å²) in [5.41, 5.74) is 0. The Balaban J connectivity index is 0.00000400. The first-order valence-corrected chi connectivity index (χ1v) is 8.12. The summed E-state index contributed by atoms with van der Waals surface area (Å²) in [6, 6.07) is 3.18. The number of rotatable bonds is 7. The second kappa shape index (κ2) is 10.2. The van der Waals surface area contributed by atoms with E-state index in [0.717, 1.165) is 10.3 Å². The largest absolute Gasteiger partial charge is 0.353 e. The van der Waals surface area contributed by atoms with Crippen molar-refractivity contribution >= 4 is 51.5 Å². The van der Waals surface area contributed by atoms with Crippen LogP contribution in [0, 0.1) is 0 Å². The minimum Gasteiger partial charge on any atom is -0.353 e. The highest BCUT2D eigenvalue weighted by Crippen LogP contribution is 2.21. The molecule has 0 aliphatic rings. The molecule has 3 N–H and O–H groups in total. The number of hydrogen-bond acceptors (Lipinski definition) is 4. The zero-order valence-corrected chi connectivity index (χ0v) is 15.5. The summed E-state index contributed by atoms with van der Waals surface area (Å²) in [5.74, 6) is -0.415. The number of thiophene rings is 1. The van der Waals surface area contributed by atoms with E-state index in [1.807, 2.05) is 19.9 Å². The Morgan fingerprint density at radius 2 is 2.00 bits per heavy atom. The van der Waals surface area contributed by atoms with E-state index in [1.165, 1.54) is 11.3 Å². The van der Waals surface area contributed by atoms with Crippen LogP contribution in [0.3, 0.4) is 0 Å². The molecule has 120 valence electrons. The maximum Gasteiger partial charge on any atom is 0.262 e. The summed E-state index contributed by atoms with van der Waals surface area (Å²) in [6.45, 7) is 7.08. The topological polar surface area (TPSA) is 70.2 Å². The quantitative estimate of drug-likeness (QED) is 0.659. The Kier molecular flexibility index (Phi) is 9.85. The molecule has 0 radical (unpaired) electrons. The van der Waals surface area contributed by atoms with Gasteiger partial charge in [0.1, 0.15) is 6.04 Å². The summed E-state index contributed by atoms with van der Waals surface area (Å²) in [6.07, 6.45) is 0. The van der Waals surface area contributed by atoms with Crippen molar-refractivity contribution in [3.05, 3.63) is 20.8 Å². The zero-order valence-electron chi connectivity index (χ0n) is 12.2. The molecule has 2 amide bonds. The normalized spacial score (nSPS) is 13.0. The lowest BCUT2D eigenvalue weighted by atomic mass is 10.2. The van der Waals surface area contributed by atoms with Crippen LogP contribution in [-0.2, 0) is 4.79 Å². The predicted octanol–water partition coefficient (Wildman–Crippen LogP) is 2.16. The Bertz CT molecular complexity index is 470. The highest BCUT2D eigenvalue weighted by Gasteiger charge is 2.17. The third-order valence-corrected chi connectivity index (χ3v) is 4.30. The molecule has 0 aliphatic carbocycles. The summed E-state index contributed by atoms with van der Waals surface area (Å²) in [5, 5.41) is 8.69. The fourth-order valence-electron chi connectivity index (χ4n) is 1.60. The van der Waals surface area contributed by atoms with Crippen LogP contribution >= 0.6 is 39.7 Å². The van der Waals surface area contributed by atoms with Crippen LogP contribution < -0.4 is 16.0 Å². The second-order valence-electron chi connectivity index (χ2n) is 4.50. The monoisotopic (exact) mass is 397 g/mol. The van der Waals surface area contributed by atoms with Gasteiger partial charge in [-0.15, -0.1) is 23.7 Å². The molecule has 0 saturated heterocycles. The fraction of sp³-hybridized carbons (Fsp3) is 0.538. The van der Waals surface area contributed by atoms with Crippen molar-refractivity contribution in [2.75, 3.05) is 13.1 Å². The molecule has 0 bridgehead atoms. The van der Waals surface area contributed by atoms with E-state index in [2.05, 4.69) is 31.9 Å². The second-order valence-corrected chi connectivity index (χ2v) is 6.97. The molecule has 8 heteroatoms. The molecule has 5 nitrogen and oxygen atoms in total. The molecule has 1 aromatic rings. The minimum atomic E-state index is -0.558. The van der Waals surface area contributed by atoms with E-state index < -0.39 is 6.04 Å². The number of halogens is 2. The van der Waals surface area contributed by atoms with Crippen LogP contribution in [0.4, 0.5) is 0 Å². The van der Waals surface area contributed by atoms with Gasteiger partial charge in [0.2, 0.25) is 5.91 Å². The highest BCUT2D eigenvalue weighted by atomic mass is 79.9. The van der Waals surface area contributed by atoms with Crippen molar-refractivity contribution in [1.82, 2.24) is 16.0 Å². The van der Waals surface area contributed by atoms with Gasteiger partial charge in [-0.3, -0.25) is 9.59 Å². The van der Waals surface area contributed by atoms with Gasteiger partial charge in [-0.2, -0.15) is 0 Å². The SMILES string of the molecule is CCN[C@H](C)CNC(=O)C(C)NC(=O)c1ccc(Br)s1.Cl. The lowest BCUT2D eigenvalue weighted by Crippen LogP contribution is -2.48. The number of carbonyl (C=O) groups excluding carboxylic acids is 2. The molecular formula is C13H21BrClN3O2S. The van der Waals surface area contributed by atoms with Crippen molar-refractivity contribution in [2.45, 2.75) is 32.9 Å². The Hall–Kier alpha value is -0.630. The van der Waals surface area contributed by atoms with E-state index in [4.69, 9.17) is 0 Å². The van der Waals surface area contributed by atoms with Crippen molar-refractivity contribution in [3.63, 3.8) is 0 Å². The summed E-state index contributed by atoms with van der Waals surface area (Å²) in [4.78, 5) is 24.3. The molecule has 2 atom stereocenters. The molecule has 1 aromatic heterocycles. The average Bonchev–Trinajstić information content (AvgIpc) is 2.83. The first-order chi connectivity index (χ1) is 9.43.